The number of anilines is 1. The second-order valence-corrected chi connectivity index (χ2v) is 5.93. The fourth-order valence-electron chi connectivity index (χ4n) is 2.64. The van der Waals surface area contributed by atoms with Crippen molar-refractivity contribution in [3.05, 3.63) is 64.1 Å². The van der Waals surface area contributed by atoms with Crippen LogP contribution in [0, 0.1) is 11.6 Å². The van der Waals surface area contributed by atoms with Gasteiger partial charge in [-0.05, 0) is 48.4 Å². The summed E-state index contributed by atoms with van der Waals surface area (Å²) in [4.78, 5) is 14.1. The predicted molar refractivity (Wildman–Crippen MR) is 80.2 cm³/mol. The quantitative estimate of drug-likeness (QED) is 0.792. The van der Waals surface area contributed by atoms with Gasteiger partial charge in [-0.25, -0.2) is 8.78 Å². The molecule has 5 heteroatoms. The van der Waals surface area contributed by atoms with E-state index >= 15 is 0 Å². The van der Waals surface area contributed by atoms with Crippen LogP contribution >= 0.6 is 15.9 Å². The van der Waals surface area contributed by atoms with E-state index in [1.54, 1.807) is 4.90 Å². The Labute approximate surface area is 129 Å². The number of carbonyl (C=O) groups is 1. The molecule has 0 bridgehead atoms. The van der Waals surface area contributed by atoms with Crippen molar-refractivity contribution >= 4 is 27.5 Å². The number of amides is 1. The van der Waals surface area contributed by atoms with Crippen molar-refractivity contribution in [3.8, 4) is 0 Å². The molecule has 2 aromatic rings. The first-order chi connectivity index (χ1) is 10.0. The molecule has 0 N–H and O–H groups in total. The van der Waals surface area contributed by atoms with Gasteiger partial charge >= 0.3 is 0 Å². The van der Waals surface area contributed by atoms with Gasteiger partial charge in [-0.1, -0.05) is 15.9 Å². The van der Waals surface area contributed by atoms with Crippen molar-refractivity contribution in [1.29, 1.82) is 0 Å². The lowest BCUT2D eigenvalue weighted by Crippen LogP contribution is -2.26. The molecule has 2 aromatic carbocycles. The third-order valence-corrected chi connectivity index (χ3v) is 4.16. The number of carbonyl (C=O) groups excluding carboxylic acids is 1. The minimum absolute atomic E-state index is 0.123. The number of benzene rings is 2. The Bertz CT molecular complexity index is 667. The average Bonchev–Trinajstić information content (AvgIpc) is 2.80. The van der Waals surface area contributed by atoms with Crippen LogP contribution in [-0.2, 0) is 4.79 Å². The first-order valence-electron chi connectivity index (χ1n) is 6.57. The molecular formula is C16H12BrF2NO. The van der Waals surface area contributed by atoms with E-state index < -0.39 is 17.6 Å². The van der Waals surface area contributed by atoms with Crippen LogP contribution in [0.25, 0.3) is 0 Å². The van der Waals surface area contributed by atoms with Gasteiger partial charge in [-0.2, -0.15) is 0 Å². The number of hydrogen-bond acceptors (Lipinski definition) is 1. The van der Waals surface area contributed by atoms with Gasteiger partial charge in [0.15, 0.2) is 0 Å². The second-order valence-electron chi connectivity index (χ2n) is 5.01. The van der Waals surface area contributed by atoms with Gasteiger partial charge in [0.25, 0.3) is 0 Å². The summed E-state index contributed by atoms with van der Waals surface area (Å²) >= 11 is 3.35. The molecule has 0 radical (unpaired) electrons. The Morgan fingerprint density at radius 1 is 1.05 bits per heavy atom. The minimum atomic E-state index is -0.653. The van der Waals surface area contributed by atoms with E-state index in [9.17, 15) is 13.6 Å². The van der Waals surface area contributed by atoms with Crippen LogP contribution in [0.5, 0.6) is 0 Å². The van der Waals surface area contributed by atoms with Crippen molar-refractivity contribution in [2.24, 2.45) is 0 Å². The molecule has 1 unspecified atom stereocenters. The maximum absolute atomic E-state index is 13.3. The summed E-state index contributed by atoms with van der Waals surface area (Å²) in [6.07, 6.45) is 0.553. The summed E-state index contributed by atoms with van der Waals surface area (Å²) < 4.78 is 27.5. The molecule has 0 spiro atoms. The zero-order chi connectivity index (χ0) is 15.0. The highest BCUT2D eigenvalue weighted by molar-refractivity contribution is 9.10. The average molecular weight is 352 g/mol. The van der Waals surface area contributed by atoms with E-state index in [0.29, 0.717) is 18.5 Å². The molecule has 0 saturated carbocycles. The highest BCUT2D eigenvalue weighted by Gasteiger charge is 2.34. The van der Waals surface area contributed by atoms with Crippen LogP contribution < -0.4 is 4.90 Å². The lowest BCUT2D eigenvalue weighted by Gasteiger charge is -2.17. The van der Waals surface area contributed by atoms with Crippen molar-refractivity contribution in [1.82, 2.24) is 0 Å². The Kier molecular flexibility index (Phi) is 3.76. The largest absolute Gasteiger partial charge is 0.312 e. The summed E-state index contributed by atoms with van der Waals surface area (Å²) in [5.74, 6) is -1.92. The van der Waals surface area contributed by atoms with Gasteiger partial charge < -0.3 is 4.90 Å². The topological polar surface area (TPSA) is 20.3 Å². The molecule has 1 saturated heterocycles. The van der Waals surface area contributed by atoms with Crippen molar-refractivity contribution in [3.63, 3.8) is 0 Å². The summed E-state index contributed by atoms with van der Waals surface area (Å²) in [6.45, 7) is 0.545. The van der Waals surface area contributed by atoms with E-state index in [0.717, 1.165) is 16.2 Å². The molecule has 0 aromatic heterocycles. The zero-order valence-electron chi connectivity index (χ0n) is 11.0. The first kappa shape index (κ1) is 14.2. The maximum atomic E-state index is 13.3. The Hall–Kier alpha value is -1.75. The molecule has 1 heterocycles. The molecule has 21 heavy (non-hydrogen) atoms. The zero-order valence-corrected chi connectivity index (χ0v) is 12.6. The van der Waals surface area contributed by atoms with E-state index in [1.165, 1.54) is 12.1 Å². The van der Waals surface area contributed by atoms with Crippen molar-refractivity contribution in [2.45, 2.75) is 12.3 Å². The third-order valence-electron chi connectivity index (χ3n) is 3.63. The minimum Gasteiger partial charge on any atom is -0.312 e. The Balaban J connectivity index is 1.87. The summed E-state index contributed by atoms with van der Waals surface area (Å²) in [5.41, 5.74) is 1.19. The molecular weight excluding hydrogens is 340 g/mol. The number of hydrogen-bond donors (Lipinski definition) is 0. The highest BCUT2D eigenvalue weighted by Crippen LogP contribution is 2.33. The summed E-state index contributed by atoms with van der Waals surface area (Å²) in [5, 5.41) is 0. The van der Waals surface area contributed by atoms with Crippen LogP contribution in [0.3, 0.4) is 0 Å². The number of halogens is 3. The van der Waals surface area contributed by atoms with E-state index in [4.69, 9.17) is 0 Å². The number of rotatable bonds is 2. The molecule has 3 rings (SSSR count). The molecule has 1 aliphatic heterocycles. The van der Waals surface area contributed by atoms with Crippen LogP contribution in [0.4, 0.5) is 14.5 Å². The van der Waals surface area contributed by atoms with Gasteiger partial charge in [0.1, 0.15) is 11.6 Å². The Morgan fingerprint density at radius 2 is 1.67 bits per heavy atom. The van der Waals surface area contributed by atoms with Crippen molar-refractivity contribution in [2.75, 3.05) is 11.4 Å². The fraction of sp³-hybridized carbons (Fsp3) is 0.188. The second kappa shape index (κ2) is 5.56. The van der Waals surface area contributed by atoms with Crippen LogP contribution in [0.1, 0.15) is 17.9 Å². The third kappa shape index (κ3) is 2.83. The smallest absolute Gasteiger partial charge is 0.234 e. The predicted octanol–water partition coefficient (Wildman–Crippen LogP) is 4.25. The van der Waals surface area contributed by atoms with Crippen LogP contribution in [0.2, 0.25) is 0 Å². The summed E-state index contributed by atoms with van der Waals surface area (Å²) in [6, 6.07) is 10.7. The van der Waals surface area contributed by atoms with Gasteiger partial charge in [0, 0.05) is 22.8 Å². The normalized spacial score (nSPS) is 18.3. The monoisotopic (exact) mass is 351 g/mol. The molecule has 1 aliphatic rings. The molecule has 2 nitrogen and oxygen atoms in total. The van der Waals surface area contributed by atoms with Crippen LogP contribution in [0.15, 0.2) is 46.9 Å². The molecule has 108 valence electrons. The maximum Gasteiger partial charge on any atom is 0.234 e. The standard InChI is InChI=1S/C16H12BrF2NO/c17-11-1-3-14(4-2-11)20-6-5-15(16(20)21)10-7-12(18)9-13(19)8-10/h1-4,7-9,15H,5-6H2. The first-order valence-corrected chi connectivity index (χ1v) is 7.37. The van der Waals surface area contributed by atoms with E-state index in [2.05, 4.69) is 15.9 Å². The molecule has 1 atom stereocenters. The lowest BCUT2D eigenvalue weighted by atomic mass is 9.97. The van der Waals surface area contributed by atoms with Gasteiger partial charge in [-0.15, -0.1) is 0 Å². The SMILES string of the molecule is O=C1C(c2cc(F)cc(F)c2)CCN1c1ccc(Br)cc1. The number of nitrogens with zero attached hydrogens (tertiary/aromatic N) is 1. The summed E-state index contributed by atoms with van der Waals surface area (Å²) in [7, 11) is 0. The highest BCUT2D eigenvalue weighted by atomic mass is 79.9. The van der Waals surface area contributed by atoms with Gasteiger partial charge in [0.2, 0.25) is 5.91 Å². The van der Waals surface area contributed by atoms with Gasteiger partial charge in [0.05, 0.1) is 5.92 Å². The lowest BCUT2D eigenvalue weighted by molar-refractivity contribution is -0.118. The van der Waals surface area contributed by atoms with Crippen LogP contribution in [-0.4, -0.2) is 12.5 Å². The van der Waals surface area contributed by atoms with Gasteiger partial charge in [-0.3, -0.25) is 4.79 Å². The van der Waals surface area contributed by atoms with E-state index in [-0.39, 0.29) is 5.91 Å². The fourth-order valence-corrected chi connectivity index (χ4v) is 2.91. The molecule has 1 amide bonds. The Morgan fingerprint density at radius 3 is 2.29 bits per heavy atom. The van der Waals surface area contributed by atoms with Crippen molar-refractivity contribution < 1.29 is 13.6 Å². The molecule has 1 fully saturated rings. The van der Waals surface area contributed by atoms with E-state index in [1.807, 2.05) is 24.3 Å². The molecule has 0 aliphatic carbocycles.